The molecule has 0 heterocycles. The fourth-order valence-corrected chi connectivity index (χ4v) is 2.44. The lowest BCUT2D eigenvalue weighted by Crippen LogP contribution is -2.47. The predicted molar refractivity (Wildman–Crippen MR) is 91.7 cm³/mol. The molecule has 3 atom stereocenters. The first kappa shape index (κ1) is 19.9. The molecule has 1 rings (SSSR count). The molecule has 4 heteroatoms. The summed E-state index contributed by atoms with van der Waals surface area (Å²) in [6.07, 6.45) is 1.86. The van der Waals surface area contributed by atoms with E-state index in [4.69, 9.17) is 5.73 Å². The van der Waals surface area contributed by atoms with E-state index in [1.807, 2.05) is 43.9 Å². The molecule has 1 amide bonds. The minimum atomic E-state index is -0.125. The molecule has 3 unspecified atom stereocenters. The van der Waals surface area contributed by atoms with E-state index in [1.54, 1.807) is 0 Å². The van der Waals surface area contributed by atoms with E-state index in [0.29, 0.717) is 0 Å². The third-order valence-electron chi connectivity index (χ3n) is 4.03. The Morgan fingerprint density at radius 1 is 1.19 bits per heavy atom. The molecular formula is C17H29ClN2O. The summed E-state index contributed by atoms with van der Waals surface area (Å²) >= 11 is 0. The minimum absolute atomic E-state index is 0. The maximum absolute atomic E-state index is 12.6. The monoisotopic (exact) mass is 312 g/mol. The van der Waals surface area contributed by atoms with Crippen molar-refractivity contribution >= 4 is 18.3 Å². The second-order valence-corrected chi connectivity index (χ2v) is 5.52. The molecule has 120 valence electrons. The zero-order valence-corrected chi connectivity index (χ0v) is 14.4. The van der Waals surface area contributed by atoms with Crippen LogP contribution in [-0.2, 0) is 11.2 Å². The van der Waals surface area contributed by atoms with E-state index in [1.165, 1.54) is 5.56 Å². The van der Waals surface area contributed by atoms with Crippen LogP contribution in [0.1, 0.15) is 39.7 Å². The van der Waals surface area contributed by atoms with Crippen LogP contribution in [0.15, 0.2) is 30.3 Å². The van der Waals surface area contributed by atoms with Crippen LogP contribution >= 0.6 is 12.4 Å². The number of likely N-dealkylation sites (N-methyl/N-ethyl adjacent to an activating group) is 1. The lowest BCUT2D eigenvalue weighted by molar-refractivity contribution is -0.137. The van der Waals surface area contributed by atoms with Gasteiger partial charge in [-0.3, -0.25) is 4.79 Å². The van der Waals surface area contributed by atoms with Gasteiger partial charge < -0.3 is 10.6 Å². The van der Waals surface area contributed by atoms with Crippen LogP contribution in [0.25, 0.3) is 0 Å². The molecule has 0 aliphatic carbocycles. The number of hydrogen-bond acceptors (Lipinski definition) is 2. The quantitative estimate of drug-likeness (QED) is 0.840. The summed E-state index contributed by atoms with van der Waals surface area (Å²) in [4.78, 5) is 14.5. The number of rotatable bonds is 7. The Kier molecular flexibility index (Phi) is 9.31. The van der Waals surface area contributed by atoms with Crippen LogP contribution in [0, 0.1) is 5.92 Å². The maximum atomic E-state index is 12.6. The van der Waals surface area contributed by atoms with Crippen molar-refractivity contribution in [2.24, 2.45) is 11.7 Å². The number of nitrogens with zero attached hydrogens (tertiary/aromatic N) is 1. The fraction of sp³-hybridized carbons (Fsp3) is 0.588. The standard InChI is InChI=1S/C17H28N2O.ClH/c1-5-16(12-15-10-8-7-9-11-15)19(6-2)17(20)13(3)14(4)18;/h7-11,13-14,16H,5-6,12,18H2,1-4H3;1H. The van der Waals surface area contributed by atoms with E-state index in [0.717, 1.165) is 19.4 Å². The fourth-order valence-electron chi connectivity index (χ4n) is 2.44. The Balaban J connectivity index is 0.00000400. The molecule has 3 nitrogen and oxygen atoms in total. The molecule has 0 bridgehead atoms. The van der Waals surface area contributed by atoms with Crippen LogP contribution in [0.2, 0.25) is 0 Å². The normalized spacial score (nSPS) is 14.7. The predicted octanol–water partition coefficient (Wildman–Crippen LogP) is 3.26. The largest absolute Gasteiger partial charge is 0.339 e. The van der Waals surface area contributed by atoms with Gasteiger partial charge in [0.05, 0.1) is 5.92 Å². The van der Waals surface area contributed by atoms with Crippen molar-refractivity contribution in [3.8, 4) is 0 Å². The molecule has 0 aliphatic heterocycles. The smallest absolute Gasteiger partial charge is 0.227 e. The van der Waals surface area contributed by atoms with Crippen molar-refractivity contribution in [2.75, 3.05) is 6.54 Å². The van der Waals surface area contributed by atoms with Crippen molar-refractivity contribution in [1.82, 2.24) is 4.90 Å². The van der Waals surface area contributed by atoms with Crippen LogP contribution < -0.4 is 5.73 Å². The van der Waals surface area contributed by atoms with Gasteiger partial charge in [0.1, 0.15) is 0 Å². The van der Waals surface area contributed by atoms with E-state index in [2.05, 4.69) is 19.1 Å². The van der Waals surface area contributed by atoms with Gasteiger partial charge in [0.2, 0.25) is 5.91 Å². The van der Waals surface area contributed by atoms with Gasteiger partial charge in [0.25, 0.3) is 0 Å². The van der Waals surface area contributed by atoms with Crippen LogP contribution in [-0.4, -0.2) is 29.4 Å². The molecule has 0 saturated carbocycles. The number of benzene rings is 1. The first-order valence-electron chi connectivity index (χ1n) is 7.61. The van der Waals surface area contributed by atoms with Crippen molar-refractivity contribution in [3.63, 3.8) is 0 Å². The van der Waals surface area contributed by atoms with Crippen LogP contribution in [0.4, 0.5) is 0 Å². The first-order valence-corrected chi connectivity index (χ1v) is 7.61. The van der Waals surface area contributed by atoms with Gasteiger partial charge in [-0.2, -0.15) is 0 Å². The summed E-state index contributed by atoms with van der Waals surface area (Å²) < 4.78 is 0. The summed E-state index contributed by atoms with van der Waals surface area (Å²) in [5, 5.41) is 0. The highest BCUT2D eigenvalue weighted by atomic mass is 35.5. The highest BCUT2D eigenvalue weighted by molar-refractivity contribution is 5.85. The first-order chi connectivity index (χ1) is 9.51. The zero-order chi connectivity index (χ0) is 15.1. The molecule has 0 aliphatic rings. The lowest BCUT2D eigenvalue weighted by Gasteiger charge is -2.33. The van der Waals surface area contributed by atoms with Gasteiger partial charge in [-0.1, -0.05) is 44.2 Å². The minimum Gasteiger partial charge on any atom is -0.339 e. The molecule has 1 aromatic rings. The molecule has 0 fully saturated rings. The molecule has 1 aromatic carbocycles. The van der Waals surface area contributed by atoms with E-state index >= 15 is 0 Å². The molecular weight excluding hydrogens is 284 g/mol. The van der Waals surface area contributed by atoms with Crippen molar-refractivity contribution in [3.05, 3.63) is 35.9 Å². The molecule has 2 N–H and O–H groups in total. The number of nitrogens with two attached hydrogens (primary N) is 1. The second-order valence-electron chi connectivity index (χ2n) is 5.52. The maximum Gasteiger partial charge on any atom is 0.227 e. The molecule has 0 radical (unpaired) electrons. The topological polar surface area (TPSA) is 46.3 Å². The highest BCUT2D eigenvalue weighted by Crippen LogP contribution is 2.16. The van der Waals surface area contributed by atoms with Crippen LogP contribution in [0.3, 0.4) is 0 Å². The van der Waals surface area contributed by atoms with E-state index in [9.17, 15) is 4.79 Å². The Morgan fingerprint density at radius 3 is 2.19 bits per heavy atom. The van der Waals surface area contributed by atoms with Gasteiger partial charge in [-0.25, -0.2) is 0 Å². The Labute approximate surface area is 135 Å². The molecule has 0 spiro atoms. The number of hydrogen-bond donors (Lipinski definition) is 1. The number of carbonyl (C=O) groups excluding carboxylic acids is 1. The summed E-state index contributed by atoms with van der Waals surface area (Å²) in [5.41, 5.74) is 7.15. The molecule has 0 aromatic heterocycles. The molecule has 21 heavy (non-hydrogen) atoms. The van der Waals surface area contributed by atoms with Gasteiger partial charge in [-0.05, 0) is 32.3 Å². The average molecular weight is 313 g/mol. The van der Waals surface area contributed by atoms with Gasteiger partial charge >= 0.3 is 0 Å². The summed E-state index contributed by atoms with van der Waals surface area (Å²) in [5.74, 6) is 0.0463. The summed E-state index contributed by atoms with van der Waals surface area (Å²) in [7, 11) is 0. The number of halogens is 1. The van der Waals surface area contributed by atoms with Crippen molar-refractivity contribution in [2.45, 2.75) is 52.6 Å². The Morgan fingerprint density at radius 2 is 1.76 bits per heavy atom. The summed E-state index contributed by atoms with van der Waals surface area (Å²) in [6, 6.07) is 10.5. The second kappa shape index (κ2) is 9.80. The lowest BCUT2D eigenvalue weighted by atomic mass is 9.98. The van der Waals surface area contributed by atoms with E-state index < -0.39 is 0 Å². The highest BCUT2D eigenvalue weighted by Gasteiger charge is 2.27. The van der Waals surface area contributed by atoms with Crippen LogP contribution in [0.5, 0.6) is 0 Å². The SMILES string of the molecule is CCC(Cc1ccccc1)N(CC)C(=O)C(C)C(C)N.Cl. The van der Waals surface area contributed by atoms with Crippen molar-refractivity contribution in [1.29, 1.82) is 0 Å². The Hall–Kier alpha value is -1.06. The average Bonchev–Trinajstić information content (AvgIpc) is 2.46. The van der Waals surface area contributed by atoms with Gasteiger partial charge in [-0.15, -0.1) is 12.4 Å². The third-order valence-corrected chi connectivity index (χ3v) is 4.03. The van der Waals surface area contributed by atoms with Crippen molar-refractivity contribution < 1.29 is 4.79 Å². The van der Waals surface area contributed by atoms with Gasteiger partial charge in [0.15, 0.2) is 0 Å². The number of amides is 1. The molecule has 0 saturated heterocycles. The summed E-state index contributed by atoms with van der Waals surface area (Å²) in [6.45, 7) is 8.74. The zero-order valence-electron chi connectivity index (χ0n) is 13.6. The van der Waals surface area contributed by atoms with Gasteiger partial charge in [0, 0.05) is 18.6 Å². The van der Waals surface area contributed by atoms with E-state index in [-0.39, 0.29) is 36.3 Å². The third kappa shape index (κ3) is 5.68. The Bertz CT molecular complexity index is 409. The number of carbonyl (C=O) groups is 1.